The van der Waals surface area contributed by atoms with Crippen molar-refractivity contribution in [3.05, 3.63) is 36.4 Å². The van der Waals surface area contributed by atoms with E-state index in [0.717, 1.165) is 38.4 Å². The summed E-state index contributed by atoms with van der Waals surface area (Å²) in [6.07, 6.45) is 2.35. The minimum absolute atomic E-state index is 0.201. The van der Waals surface area contributed by atoms with Crippen LogP contribution in [0.3, 0.4) is 0 Å². The molecule has 2 N–H and O–H groups in total. The third-order valence-corrected chi connectivity index (χ3v) is 4.98. The van der Waals surface area contributed by atoms with Gasteiger partial charge in [0.1, 0.15) is 11.6 Å². The van der Waals surface area contributed by atoms with Gasteiger partial charge in [-0.2, -0.15) is 9.97 Å². The van der Waals surface area contributed by atoms with Crippen molar-refractivity contribution in [3.63, 3.8) is 0 Å². The molecule has 2 aliphatic rings. The molecule has 0 amide bonds. The standard InChI is InChI=1S/C20H25N5O3S/c29-20(21-14-16-7-4-10-27-16)24-19-22-17(25-8-11-26-12-9-25)13-18(23-19)28-15-5-2-1-3-6-15/h1-3,5-6,13,16H,4,7-12,14H2,(H2,21,22,23,24,29). The minimum Gasteiger partial charge on any atom is -0.439 e. The molecule has 1 aromatic carbocycles. The zero-order chi connectivity index (χ0) is 19.9. The number of nitrogens with one attached hydrogen (secondary N) is 2. The number of anilines is 2. The van der Waals surface area contributed by atoms with Crippen molar-refractivity contribution in [1.82, 2.24) is 15.3 Å². The van der Waals surface area contributed by atoms with Gasteiger partial charge in [0.15, 0.2) is 5.11 Å². The summed E-state index contributed by atoms with van der Waals surface area (Å²) in [6, 6.07) is 11.4. The predicted octanol–water partition coefficient (Wildman–Crippen LogP) is 2.57. The molecule has 2 aliphatic heterocycles. The minimum atomic E-state index is 0.201. The number of nitrogens with zero attached hydrogens (tertiary/aromatic N) is 3. The van der Waals surface area contributed by atoms with Crippen molar-refractivity contribution < 1.29 is 14.2 Å². The molecule has 1 aromatic heterocycles. The molecule has 1 unspecified atom stereocenters. The molecule has 29 heavy (non-hydrogen) atoms. The quantitative estimate of drug-likeness (QED) is 0.692. The van der Waals surface area contributed by atoms with Gasteiger partial charge in [-0.3, -0.25) is 0 Å². The van der Waals surface area contributed by atoms with Gasteiger partial charge in [-0.1, -0.05) is 18.2 Å². The van der Waals surface area contributed by atoms with E-state index < -0.39 is 0 Å². The normalized spacial score (nSPS) is 19.0. The first-order chi connectivity index (χ1) is 14.3. The molecule has 2 fully saturated rings. The Labute approximate surface area is 175 Å². The highest BCUT2D eigenvalue weighted by Crippen LogP contribution is 2.25. The lowest BCUT2D eigenvalue weighted by Crippen LogP contribution is -2.37. The number of benzene rings is 1. The summed E-state index contributed by atoms with van der Waals surface area (Å²) in [5.74, 6) is 2.34. The zero-order valence-corrected chi connectivity index (χ0v) is 17.0. The maximum atomic E-state index is 5.94. The van der Waals surface area contributed by atoms with Crippen LogP contribution in [0.4, 0.5) is 11.8 Å². The molecule has 4 rings (SSSR count). The van der Waals surface area contributed by atoms with E-state index in [1.54, 1.807) is 0 Å². The fraction of sp³-hybridized carbons (Fsp3) is 0.450. The topological polar surface area (TPSA) is 80.8 Å². The Morgan fingerprint density at radius 1 is 1.17 bits per heavy atom. The highest BCUT2D eigenvalue weighted by molar-refractivity contribution is 7.80. The first kappa shape index (κ1) is 19.8. The van der Waals surface area contributed by atoms with E-state index in [-0.39, 0.29) is 6.10 Å². The third-order valence-electron chi connectivity index (χ3n) is 4.73. The lowest BCUT2D eigenvalue weighted by Gasteiger charge is -2.28. The number of morpholine rings is 1. The number of ether oxygens (including phenoxy) is 3. The highest BCUT2D eigenvalue weighted by atomic mass is 32.1. The Morgan fingerprint density at radius 2 is 2.00 bits per heavy atom. The summed E-state index contributed by atoms with van der Waals surface area (Å²) in [5.41, 5.74) is 0. The van der Waals surface area contributed by atoms with Crippen LogP contribution in [0, 0.1) is 0 Å². The second-order valence-corrected chi connectivity index (χ2v) is 7.28. The van der Waals surface area contributed by atoms with Gasteiger partial charge >= 0.3 is 0 Å². The average molecular weight is 416 g/mol. The number of aromatic nitrogens is 2. The molecule has 1 atom stereocenters. The van der Waals surface area contributed by atoms with E-state index in [9.17, 15) is 0 Å². The van der Waals surface area contributed by atoms with Crippen molar-refractivity contribution in [2.24, 2.45) is 0 Å². The number of hydrogen-bond acceptors (Lipinski definition) is 7. The van der Waals surface area contributed by atoms with Crippen LogP contribution in [0.2, 0.25) is 0 Å². The molecule has 154 valence electrons. The molecule has 0 radical (unpaired) electrons. The molecule has 0 saturated carbocycles. The molecular weight excluding hydrogens is 390 g/mol. The van der Waals surface area contributed by atoms with Crippen molar-refractivity contribution >= 4 is 29.1 Å². The summed E-state index contributed by atoms with van der Waals surface area (Å²) in [4.78, 5) is 11.3. The van der Waals surface area contributed by atoms with Gasteiger partial charge in [0.25, 0.3) is 0 Å². The summed E-state index contributed by atoms with van der Waals surface area (Å²) in [5, 5.41) is 6.72. The van der Waals surface area contributed by atoms with Crippen LogP contribution in [0.1, 0.15) is 12.8 Å². The van der Waals surface area contributed by atoms with Crippen molar-refractivity contribution in [1.29, 1.82) is 0 Å². The van der Waals surface area contributed by atoms with Crippen molar-refractivity contribution in [2.75, 3.05) is 49.7 Å². The summed E-state index contributed by atoms with van der Waals surface area (Å²) in [7, 11) is 0. The Bertz CT molecular complexity index is 811. The average Bonchev–Trinajstić information content (AvgIpc) is 3.27. The number of para-hydroxylation sites is 1. The van der Waals surface area contributed by atoms with Crippen LogP contribution in [-0.2, 0) is 9.47 Å². The van der Waals surface area contributed by atoms with E-state index in [4.69, 9.17) is 26.4 Å². The molecule has 2 aromatic rings. The van der Waals surface area contributed by atoms with Gasteiger partial charge in [-0.25, -0.2) is 0 Å². The Morgan fingerprint density at radius 3 is 2.76 bits per heavy atom. The smallest absolute Gasteiger partial charge is 0.234 e. The molecule has 0 aliphatic carbocycles. The van der Waals surface area contributed by atoms with E-state index in [0.29, 0.717) is 42.4 Å². The SMILES string of the molecule is S=C(NCC1CCCO1)Nc1nc(Oc2ccccc2)cc(N2CCOCC2)n1. The second-order valence-electron chi connectivity index (χ2n) is 6.87. The molecule has 9 heteroatoms. The van der Waals surface area contributed by atoms with Crippen LogP contribution in [0.25, 0.3) is 0 Å². The second kappa shape index (κ2) is 9.82. The lowest BCUT2D eigenvalue weighted by molar-refractivity contribution is 0.114. The Hall–Kier alpha value is -2.49. The molecule has 0 spiro atoms. The van der Waals surface area contributed by atoms with E-state index >= 15 is 0 Å². The third kappa shape index (κ3) is 5.75. The summed E-state index contributed by atoms with van der Waals surface area (Å²) >= 11 is 5.41. The molecular formula is C20H25N5O3S. The molecule has 3 heterocycles. The summed E-state index contributed by atoms with van der Waals surface area (Å²) in [6.45, 7) is 4.36. The van der Waals surface area contributed by atoms with Crippen LogP contribution in [0.5, 0.6) is 11.6 Å². The maximum Gasteiger partial charge on any atom is 0.234 e. The van der Waals surface area contributed by atoms with Gasteiger partial charge in [-0.05, 0) is 37.2 Å². The first-order valence-corrected chi connectivity index (χ1v) is 10.3. The van der Waals surface area contributed by atoms with Gasteiger partial charge in [0, 0.05) is 32.3 Å². The highest BCUT2D eigenvalue weighted by Gasteiger charge is 2.18. The van der Waals surface area contributed by atoms with Crippen molar-refractivity contribution in [2.45, 2.75) is 18.9 Å². The molecule has 2 saturated heterocycles. The van der Waals surface area contributed by atoms with E-state index in [1.807, 2.05) is 36.4 Å². The predicted molar refractivity (Wildman–Crippen MR) is 115 cm³/mol. The van der Waals surface area contributed by atoms with Gasteiger partial charge in [0.05, 0.1) is 19.3 Å². The van der Waals surface area contributed by atoms with E-state index in [1.165, 1.54) is 0 Å². The van der Waals surface area contributed by atoms with Crippen molar-refractivity contribution in [3.8, 4) is 11.6 Å². The van der Waals surface area contributed by atoms with Gasteiger partial charge in [-0.15, -0.1) is 0 Å². The summed E-state index contributed by atoms with van der Waals surface area (Å²) < 4.78 is 17.0. The maximum absolute atomic E-state index is 5.94. The van der Waals surface area contributed by atoms with Crippen LogP contribution < -0.4 is 20.3 Å². The lowest BCUT2D eigenvalue weighted by atomic mass is 10.2. The Balaban J connectivity index is 1.47. The molecule has 8 nitrogen and oxygen atoms in total. The van der Waals surface area contributed by atoms with Gasteiger partial charge < -0.3 is 29.7 Å². The first-order valence-electron chi connectivity index (χ1n) is 9.87. The van der Waals surface area contributed by atoms with Crippen LogP contribution in [-0.4, -0.2) is 60.6 Å². The largest absolute Gasteiger partial charge is 0.439 e. The number of rotatable bonds is 6. The zero-order valence-electron chi connectivity index (χ0n) is 16.2. The van der Waals surface area contributed by atoms with Crippen LogP contribution in [0.15, 0.2) is 36.4 Å². The fourth-order valence-electron chi connectivity index (χ4n) is 3.24. The van der Waals surface area contributed by atoms with Gasteiger partial charge in [0.2, 0.25) is 11.8 Å². The fourth-order valence-corrected chi connectivity index (χ4v) is 3.42. The number of thiocarbonyl (C=S) groups is 1. The Kier molecular flexibility index (Phi) is 6.71. The number of hydrogen-bond donors (Lipinski definition) is 2. The van der Waals surface area contributed by atoms with Crippen LogP contribution >= 0.6 is 12.2 Å². The monoisotopic (exact) mass is 415 g/mol. The molecule has 0 bridgehead atoms. The van der Waals surface area contributed by atoms with E-state index in [2.05, 4.69) is 25.5 Å².